The fourth-order valence-corrected chi connectivity index (χ4v) is 3.15. The highest BCUT2D eigenvalue weighted by molar-refractivity contribution is 6.05. The van der Waals surface area contributed by atoms with Crippen molar-refractivity contribution in [3.63, 3.8) is 0 Å². The molecule has 0 spiro atoms. The van der Waals surface area contributed by atoms with Crippen molar-refractivity contribution in [1.29, 1.82) is 0 Å². The molecule has 3 aromatic rings. The van der Waals surface area contributed by atoms with Gasteiger partial charge in [-0.25, -0.2) is 9.97 Å². The van der Waals surface area contributed by atoms with Gasteiger partial charge in [-0.1, -0.05) is 38.1 Å². The fraction of sp³-hybridized carbons (Fsp3) is 0.227. The SMILES string of the molecule is CC(C)C(C)(C(N)=NC(=O)c1ccc[nH]c1=O)c1ccc(-c2cnc(N)nc2)cc1. The topological polar surface area (TPSA) is 140 Å². The molecule has 0 fully saturated rings. The lowest BCUT2D eigenvalue weighted by Gasteiger charge is -2.33. The van der Waals surface area contributed by atoms with Crippen molar-refractivity contribution in [3.8, 4) is 11.1 Å². The van der Waals surface area contributed by atoms with Crippen LogP contribution in [0.4, 0.5) is 5.95 Å². The Kier molecular flexibility index (Phi) is 5.77. The summed E-state index contributed by atoms with van der Waals surface area (Å²) in [5.41, 5.74) is 13.3. The molecular weight excluding hydrogens is 380 g/mol. The molecule has 0 aliphatic rings. The molecule has 30 heavy (non-hydrogen) atoms. The van der Waals surface area contributed by atoms with E-state index in [9.17, 15) is 9.59 Å². The Balaban J connectivity index is 1.97. The standard InChI is InChI=1S/C22H24N6O2/c1-13(2)22(3,20(23)28-19(30)17-5-4-10-25-18(17)29)16-8-6-14(7-9-16)15-11-26-21(24)27-12-15/h4-13H,1-3H3,(H,25,29)(H2,23,28,30)(H2,24,26,27). The normalized spacial score (nSPS) is 13.8. The van der Waals surface area contributed by atoms with Crippen molar-refractivity contribution in [3.05, 3.63) is 76.5 Å². The average Bonchev–Trinajstić information content (AvgIpc) is 2.73. The summed E-state index contributed by atoms with van der Waals surface area (Å²) in [4.78, 5) is 39.0. The van der Waals surface area contributed by atoms with Gasteiger partial charge >= 0.3 is 0 Å². The highest BCUT2D eigenvalue weighted by atomic mass is 16.2. The number of aliphatic imine (C=N–C) groups is 1. The van der Waals surface area contributed by atoms with Crippen LogP contribution in [-0.4, -0.2) is 26.7 Å². The van der Waals surface area contributed by atoms with E-state index in [4.69, 9.17) is 11.5 Å². The minimum atomic E-state index is -0.715. The van der Waals surface area contributed by atoms with Gasteiger partial charge in [-0.3, -0.25) is 9.59 Å². The number of amidine groups is 1. The second-order valence-corrected chi connectivity index (χ2v) is 7.48. The number of carbonyl (C=O) groups excluding carboxylic acids is 1. The largest absolute Gasteiger partial charge is 0.386 e. The summed E-state index contributed by atoms with van der Waals surface area (Å²) in [5.74, 6) is -0.270. The number of nitrogens with one attached hydrogen (secondary N) is 1. The molecule has 2 heterocycles. The molecule has 8 nitrogen and oxygen atoms in total. The summed E-state index contributed by atoms with van der Waals surface area (Å²) in [5, 5.41) is 0. The molecule has 0 saturated heterocycles. The lowest BCUT2D eigenvalue weighted by atomic mass is 9.72. The Hall–Kier alpha value is -3.81. The Morgan fingerprint density at radius 1 is 1.10 bits per heavy atom. The smallest absolute Gasteiger partial charge is 0.284 e. The van der Waals surface area contributed by atoms with E-state index >= 15 is 0 Å². The van der Waals surface area contributed by atoms with Crippen molar-refractivity contribution in [2.75, 3.05) is 5.73 Å². The quantitative estimate of drug-likeness (QED) is 0.441. The van der Waals surface area contributed by atoms with Gasteiger partial charge in [0.2, 0.25) is 5.95 Å². The number of hydrogen-bond acceptors (Lipinski definition) is 5. The van der Waals surface area contributed by atoms with Crippen LogP contribution in [0, 0.1) is 5.92 Å². The van der Waals surface area contributed by atoms with E-state index in [1.165, 1.54) is 12.3 Å². The van der Waals surface area contributed by atoms with Crippen LogP contribution in [0.5, 0.6) is 0 Å². The van der Waals surface area contributed by atoms with Crippen molar-refractivity contribution >= 4 is 17.7 Å². The van der Waals surface area contributed by atoms with Gasteiger partial charge < -0.3 is 16.5 Å². The van der Waals surface area contributed by atoms with Gasteiger partial charge in [0.25, 0.3) is 11.5 Å². The highest BCUT2D eigenvalue weighted by Crippen LogP contribution is 2.34. The first-order chi connectivity index (χ1) is 14.2. The van der Waals surface area contributed by atoms with E-state index in [2.05, 4.69) is 19.9 Å². The Labute approximate surface area is 174 Å². The molecule has 3 rings (SSSR count). The first-order valence-electron chi connectivity index (χ1n) is 9.48. The molecular formula is C22H24N6O2. The number of carbonyl (C=O) groups is 1. The maximum Gasteiger partial charge on any atom is 0.284 e. The summed E-state index contributed by atoms with van der Waals surface area (Å²) in [6.07, 6.45) is 4.77. The third kappa shape index (κ3) is 3.98. The molecule has 1 amide bonds. The summed E-state index contributed by atoms with van der Waals surface area (Å²) in [7, 11) is 0. The summed E-state index contributed by atoms with van der Waals surface area (Å²) in [6.45, 7) is 5.94. The minimum absolute atomic E-state index is 0.0359. The first-order valence-corrected chi connectivity index (χ1v) is 9.48. The average molecular weight is 404 g/mol. The van der Waals surface area contributed by atoms with Gasteiger partial charge in [-0.2, -0.15) is 4.99 Å². The van der Waals surface area contributed by atoms with Crippen molar-refractivity contribution < 1.29 is 4.79 Å². The number of H-pyrrole nitrogens is 1. The number of pyridine rings is 1. The molecule has 0 saturated carbocycles. The number of nitrogen functional groups attached to an aromatic ring is 1. The number of hydrogen-bond donors (Lipinski definition) is 3. The zero-order chi connectivity index (χ0) is 21.9. The second kappa shape index (κ2) is 8.28. The van der Waals surface area contributed by atoms with Gasteiger partial charge in [0.05, 0.1) is 5.41 Å². The Morgan fingerprint density at radius 2 is 1.73 bits per heavy atom. The number of aromatic nitrogens is 3. The molecule has 5 N–H and O–H groups in total. The molecule has 154 valence electrons. The Morgan fingerprint density at radius 3 is 2.30 bits per heavy atom. The summed E-state index contributed by atoms with van der Waals surface area (Å²) < 4.78 is 0. The third-order valence-corrected chi connectivity index (χ3v) is 5.45. The first kappa shape index (κ1) is 20.9. The molecule has 1 atom stereocenters. The highest BCUT2D eigenvalue weighted by Gasteiger charge is 2.35. The number of nitrogens with two attached hydrogens (primary N) is 2. The molecule has 0 radical (unpaired) electrons. The number of rotatable bonds is 5. The van der Waals surface area contributed by atoms with Gasteiger partial charge in [-0.15, -0.1) is 0 Å². The maximum atomic E-state index is 12.5. The number of benzene rings is 1. The monoisotopic (exact) mass is 404 g/mol. The molecule has 1 aromatic carbocycles. The number of nitrogens with zero attached hydrogens (tertiary/aromatic N) is 3. The van der Waals surface area contributed by atoms with Crippen LogP contribution in [0.2, 0.25) is 0 Å². The molecule has 0 aliphatic carbocycles. The molecule has 0 aliphatic heterocycles. The molecule has 1 unspecified atom stereocenters. The number of aromatic amines is 1. The van der Waals surface area contributed by atoms with E-state index < -0.39 is 16.9 Å². The van der Waals surface area contributed by atoms with E-state index in [1.807, 2.05) is 45.0 Å². The lowest BCUT2D eigenvalue weighted by molar-refractivity contribution is 0.1000. The lowest BCUT2D eigenvalue weighted by Crippen LogP contribution is -2.43. The zero-order valence-corrected chi connectivity index (χ0v) is 17.1. The van der Waals surface area contributed by atoms with E-state index in [-0.39, 0.29) is 23.3 Å². The predicted octanol–water partition coefficient (Wildman–Crippen LogP) is 2.53. The Bertz CT molecular complexity index is 1130. The van der Waals surface area contributed by atoms with Crippen LogP contribution in [0.25, 0.3) is 11.1 Å². The predicted molar refractivity (Wildman–Crippen MR) is 117 cm³/mol. The van der Waals surface area contributed by atoms with Crippen molar-refractivity contribution in [2.24, 2.45) is 16.6 Å². The summed E-state index contributed by atoms with van der Waals surface area (Å²) in [6, 6.07) is 10.7. The zero-order valence-electron chi connectivity index (χ0n) is 17.1. The van der Waals surface area contributed by atoms with E-state index in [0.717, 1.165) is 16.7 Å². The van der Waals surface area contributed by atoms with Crippen LogP contribution in [-0.2, 0) is 5.41 Å². The second-order valence-electron chi connectivity index (χ2n) is 7.48. The van der Waals surface area contributed by atoms with Crippen LogP contribution >= 0.6 is 0 Å². The van der Waals surface area contributed by atoms with Crippen LogP contribution < -0.4 is 17.0 Å². The summed E-state index contributed by atoms with van der Waals surface area (Å²) >= 11 is 0. The van der Waals surface area contributed by atoms with Crippen LogP contribution in [0.1, 0.15) is 36.7 Å². The third-order valence-electron chi connectivity index (χ3n) is 5.45. The van der Waals surface area contributed by atoms with Crippen LogP contribution in [0.3, 0.4) is 0 Å². The molecule has 2 aromatic heterocycles. The van der Waals surface area contributed by atoms with E-state index in [0.29, 0.717) is 0 Å². The van der Waals surface area contributed by atoms with Gasteiger partial charge in [0.15, 0.2) is 0 Å². The minimum Gasteiger partial charge on any atom is -0.386 e. The number of amides is 1. The van der Waals surface area contributed by atoms with Gasteiger partial charge in [-0.05, 0) is 36.1 Å². The molecule has 0 bridgehead atoms. The van der Waals surface area contributed by atoms with Crippen molar-refractivity contribution in [1.82, 2.24) is 15.0 Å². The van der Waals surface area contributed by atoms with Crippen molar-refractivity contribution in [2.45, 2.75) is 26.2 Å². The van der Waals surface area contributed by atoms with Gasteiger partial charge in [0, 0.05) is 24.2 Å². The fourth-order valence-electron chi connectivity index (χ4n) is 3.15. The number of anilines is 1. The maximum absolute atomic E-state index is 12.5. The van der Waals surface area contributed by atoms with E-state index in [1.54, 1.807) is 18.5 Å². The van der Waals surface area contributed by atoms with Gasteiger partial charge in [0.1, 0.15) is 11.4 Å². The molecule has 8 heteroatoms. The van der Waals surface area contributed by atoms with Crippen LogP contribution in [0.15, 0.2) is 64.8 Å².